The molecule has 6 nitrogen and oxygen atoms in total. The molecule has 90 valence electrons. The van der Waals surface area contributed by atoms with Crippen molar-refractivity contribution in [3.63, 3.8) is 0 Å². The molecule has 5 N–H and O–H groups in total. The molecule has 1 rings (SSSR count). The Morgan fingerprint density at radius 2 is 1.62 bits per heavy atom. The standard InChI is InChI=1S/C10H18N4O2/c1-3-5-13-8(12)7(11)9(15)14(6-4-2)10(13)16/h3-6,11-12H2,1-2H3/p+1. The van der Waals surface area contributed by atoms with Gasteiger partial charge in [-0.2, -0.15) is 0 Å². The van der Waals surface area contributed by atoms with Crippen LogP contribution < -0.4 is 22.7 Å². The predicted molar refractivity (Wildman–Crippen MR) is 62.5 cm³/mol. The zero-order valence-electron chi connectivity index (χ0n) is 9.82. The quantitative estimate of drug-likeness (QED) is 0.710. The van der Waals surface area contributed by atoms with E-state index in [1.165, 1.54) is 9.13 Å². The molecule has 0 bridgehead atoms. The number of hydrogen-bond donors (Lipinski definition) is 2. The number of nitrogens with zero attached hydrogens (tertiary/aromatic N) is 2. The third-order valence-corrected chi connectivity index (χ3v) is 2.47. The fraction of sp³-hybridized carbons (Fsp3) is 0.600. The summed E-state index contributed by atoms with van der Waals surface area (Å²) in [7, 11) is 0. The van der Waals surface area contributed by atoms with E-state index < -0.39 is 5.56 Å². The molecular weight excluding hydrogens is 208 g/mol. The number of anilines is 1. The molecular formula is C10H19N4O2+. The van der Waals surface area contributed by atoms with Crippen LogP contribution in [0.25, 0.3) is 0 Å². The summed E-state index contributed by atoms with van der Waals surface area (Å²) < 4.78 is 2.64. The number of nitrogens with two attached hydrogens (primary N) is 1. The first-order valence-corrected chi connectivity index (χ1v) is 5.49. The topological polar surface area (TPSA) is 97.7 Å². The summed E-state index contributed by atoms with van der Waals surface area (Å²) in [5.41, 5.74) is 8.68. The van der Waals surface area contributed by atoms with Crippen molar-refractivity contribution in [3.05, 3.63) is 20.8 Å². The van der Waals surface area contributed by atoms with Crippen LogP contribution in [0.5, 0.6) is 0 Å². The Morgan fingerprint density at radius 1 is 1.12 bits per heavy atom. The molecule has 6 heteroatoms. The lowest BCUT2D eigenvalue weighted by atomic mass is 10.4. The summed E-state index contributed by atoms with van der Waals surface area (Å²) >= 11 is 0. The third kappa shape index (κ3) is 2.01. The predicted octanol–water partition coefficient (Wildman–Crippen LogP) is -0.714. The molecule has 0 aliphatic rings. The maximum absolute atomic E-state index is 12.0. The largest absolute Gasteiger partial charge is 0.388 e. The van der Waals surface area contributed by atoms with Crippen LogP contribution in [0, 0.1) is 0 Å². The van der Waals surface area contributed by atoms with Crippen LogP contribution >= 0.6 is 0 Å². The third-order valence-electron chi connectivity index (χ3n) is 2.47. The normalized spacial score (nSPS) is 10.7. The van der Waals surface area contributed by atoms with E-state index >= 15 is 0 Å². The molecule has 16 heavy (non-hydrogen) atoms. The highest BCUT2D eigenvalue weighted by Gasteiger charge is 2.16. The number of aromatic nitrogens is 2. The highest BCUT2D eigenvalue weighted by atomic mass is 16.2. The summed E-state index contributed by atoms with van der Waals surface area (Å²) in [6, 6.07) is 0. The van der Waals surface area contributed by atoms with Gasteiger partial charge in [-0.1, -0.05) is 13.8 Å². The van der Waals surface area contributed by atoms with E-state index in [1.54, 1.807) is 0 Å². The molecule has 0 amide bonds. The second kappa shape index (κ2) is 4.98. The number of hydrogen-bond acceptors (Lipinski definition) is 3. The first-order valence-electron chi connectivity index (χ1n) is 5.49. The van der Waals surface area contributed by atoms with Gasteiger partial charge in [-0.3, -0.25) is 9.36 Å². The first kappa shape index (κ1) is 12.5. The van der Waals surface area contributed by atoms with Gasteiger partial charge in [0.25, 0.3) is 5.56 Å². The van der Waals surface area contributed by atoms with E-state index in [0.717, 1.165) is 12.8 Å². The van der Waals surface area contributed by atoms with Gasteiger partial charge in [0.05, 0.1) is 0 Å². The van der Waals surface area contributed by atoms with Crippen molar-refractivity contribution in [2.75, 3.05) is 5.73 Å². The molecule has 0 spiro atoms. The van der Waals surface area contributed by atoms with E-state index in [-0.39, 0.29) is 11.4 Å². The molecule has 0 aliphatic heterocycles. The van der Waals surface area contributed by atoms with Gasteiger partial charge in [0, 0.05) is 13.1 Å². The summed E-state index contributed by atoms with van der Waals surface area (Å²) in [5.74, 6) is 0.323. The minimum Gasteiger partial charge on any atom is -0.388 e. The van der Waals surface area contributed by atoms with Gasteiger partial charge in [-0.05, 0) is 12.8 Å². The molecule has 0 saturated heterocycles. The van der Waals surface area contributed by atoms with E-state index in [1.807, 2.05) is 13.8 Å². The van der Waals surface area contributed by atoms with E-state index in [2.05, 4.69) is 5.73 Å². The Bertz CT molecular complexity index is 487. The van der Waals surface area contributed by atoms with Gasteiger partial charge >= 0.3 is 5.69 Å². The van der Waals surface area contributed by atoms with Gasteiger partial charge < -0.3 is 11.5 Å². The van der Waals surface area contributed by atoms with Gasteiger partial charge in [0.2, 0.25) is 5.82 Å². The monoisotopic (exact) mass is 227 g/mol. The average Bonchev–Trinajstić information content (AvgIpc) is 2.28. The molecule has 0 atom stereocenters. The fourth-order valence-corrected chi connectivity index (χ4v) is 1.64. The zero-order valence-corrected chi connectivity index (χ0v) is 9.82. The fourth-order valence-electron chi connectivity index (χ4n) is 1.64. The maximum Gasteiger partial charge on any atom is 0.335 e. The van der Waals surface area contributed by atoms with Crippen LogP contribution in [0.3, 0.4) is 0 Å². The minimum atomic E-state index is -0.427. The Kier molecular flexibility index (Phi) is 3.89. The van der Waals surface area contributed by atoms with Crippen LogP contribution in [-0.2, 0) is 13.1 Å². The Hall–Kier alpha value is -1.56. The lowest BCUT2D eigenvalue weighted by molar-refractivity contribution is -0.264. The second-order valence-corrected chi connectivity index (χ2v) is 3.75. The Balaban J connectivity index is 3.53. The summed E-state index contributed by atoms with van der Waals surface area (Å²) in [4.78, 5) is 23.7. The zero-order chi connectivity index (χ0) is 12.3. The summed E-state index contributed by atoms with van der Waals surface area (Å²) in [6.07, 6.45) is 1.52. The van der Waals surface area contributed by atoms with Crippen molar-refractivity contribution >= 4 is 11.5 Å². The van der Waals surface area contributed by atoms with Gasteiger partial charge in [-0.25, -0.2) is 9.36 Å². The van der Waals surface area contributed by atoms with E-state index in [0.29, 0.717) is 18.9 Å². The van der Waals surface area contributed by atoms with Crippen molar-refractivity contribution in [2.45, 2.75) is 39.8 Å². The highest BCUT2D eigenvalue weighted by molar-refractivity contribution is 5.50. The SMILES string of the molecule is CCCn1c([NH3+])c(N)c(=O)n(CCC)c1=O. The van der Waals surface area contributed by atoms with Crippen LogP contribution in [0.1, 0.15) is 26.7 Å². The van der Waals surface area contributed by atoms with Crippen LogP contribution in [-0.4, -0.2) is 9.13 Å². The lowest BCUT2D eigenvalue weighted by Gasteiger charge is -2.11. The van der Waals surface area contributed by atoms with Crippen LogP contribution in [0.15, 0.2) is 9.59 Å². The van der Waals surface area contributed by atoms with Crippen molar-refractivity contribution in [1.29, 1.82) is 0 Å². The smallest absolute Gasteiger partial charge is 0.335 e. The second-order valence-electron chi connectivity index (χ2n) is 3.75. The summed E-state index contributed by atoms with van der Waals surface area (Å²) in [5, 5.41) is 0. The van der Waals surface area contributed by atoms with Crippen LogP contribution in [0.2, 0.25) is 0 Å². The Morgan fingerprint density at radius 3 is 2.12 bits per heavy atom. The van der Waals surface area contributed by atoms with Gasteiger partial charge in [-0.15, -0.1) is 0 Å². The molecule has 0 fully saturated rings. The molecule has 1 aromatic rings. The van der Waals surface area contributed by atoms with Crippen molar-refractivity contribution in [3.8, 4) is 0 Å². The number of rotatable bonds is 4. The highest BCUT2D eigenvalue weighted by Crippen LogP contribution is 2.04. The lowest BCUT2D eigenvalue weighted by Crippen LogP contribution is -2.53. The average molecular weight is 227 g/mol. The van der Waals surface area contributed by atoms with E-state index in [4.69, 9.17) is 5.73 Å². The Labute approximate surface area is 93.5 Å². The van der Waals surface area contributed by atoms with Crippen molar-refractivity contribution < 1.29 is 5.73 Å². The molecule has 0 radical (unpaired) electrons. The molecule has 0 unspecified atom stereocenters. The summed E-state index contributed by atoms with van der Waals surface area (Å²) in [6.45, 7) is 4.79. The molecule has 0 saturated carbocycles. The first-order chi connectivity index (χ1) is 7.54. The van der Waals surface area contributed by atoms with E-state index in [9.17, 15) is 9.59 Å². The minimum absolute atomic E-state index is 0.0708. The van der Waals surface area contributed by atoms with Crippen molar-refractivity contribution in [2.24, 2.45) is 0 Å². The number of nitrogen functional groups attached to an aromatic ring is 1. The van der Waals surface area contributed by atoms with Gasteiger partial charge in [0.1, 0.15) is 0 Å². The molecule has 0 aromatic carbocycles. The van der Waals surface area contributed by atoms with Gasteiger partial charge in [0.15, 0.2) is 5.69 Å². The molecule has 1 aromatic heterocycles. The maximum atomic E-state index is 12.0. The van der Waals surface area contributed by atoms with Crippen LogP contribution in [0.4, 0.5) is 11.5 Å². The molecule has 1 heterocycles. The van der Waals surface area contributed by atoms with Crippen molar-refractivity contribution in [1.82, 2.24) is 9.13 Å². The molecule has 0 aliphatic carbocycles. The number of quaternary nitrogens is 1.